The topological polar surface area (TPSA) is 79.3 Å². The van der Waals surface area contributed by atoms with Crippen LogP contribution in [0.25, 0.3) is 5.76 Å². The van der Waals surface area contributed by atoms with Gasteiger partial charge in [0, 0.05) is 36.6 Å². The van der Waals surface area contributed by atoms with E-state index in [1.54, 1.807) is 23.1 Å². The number of ether oxygens (including phenoxy) is 2. The Morgan fingerprint density at radius 1 is 1.18 bits per heavy atom. The zero-order valence-electron chi connectivity index (χ0n) is 18.9. The highest BCUT2D eigenvalue weighted by atomic mass is 32.1. The molecule has 1 amide bonds. The zero-order chi connectivity index (χ0) is 23.2. The minimum atomic E-state index is -0.642. The molecule has 0 saturated carbocycles. The van der Waals surface area contributed by atoms with E-state index in [0.29, 0.717) is 24.5 Å². The Morgan fingerprint density at radius 3 is 2.73 bits per heavy atom. The van der Waals surface area contributed by atoms with Crippen LogP contribution in [0.15, 0.2) is 47.4 Å². The predicted molar refractivity (Wildman–Crippen MR) is 127 cm³/mol. The second kappa shape index (κ2) is 11.0. The van der Waals surface area contributed by atoms with E-state index < -0.39 is 17.7 Å². The van der Waals surface area contributed by atoms with Crippen LogP contribution in [-0.4, -0.2) is 72.6 Å². The second-order valence-electron chi connectivity index (χ2n) is 8.19. The molecule has 0 radical (unpaired) electrons. The molecule has 2 fully saturated rings. The van der Waals surface area contributed by atoms with Crippen LogP contribution in [0.2, 0.25) is 0 Å². The minimum Gasteiger partial charge on any atom is -0.507 e. The molecular weight excluding hydrogens is 440 g/mol. The number of hydrogen-bond donors (Lipinski definition) is 1. The summed E-state index contributed by atoms with van der Waals surface area (Å²) in [6, 6.07) is 10.2. The number of aliphatic hydroxyl groups is 1. The molecule has 8 heteroatoms. The predicted octanol–water partition coefficient (Wildman–Crippen LogP) is 3.68. The quantitative estimate of drug-likeness (QED) is 0.342. The number of morpholine rings is 1. The van der Waals surface area contributed by atoms with E-state index in [-0.39, 0.29) is 11.3 Å². The molecular formula is C25H30N2O5S. The lowest BCUT2D eigenvalue weighted by molar-refractivity contribution is -0.140. The molecule has 2 aliphatic rings. The van der Waals surface area contributed by atoms with E-state index in [1.165, 1.54) is 11.3 Å². The molecule has 0 bridgehead atoms. The fraction of sp³-hybridized carbons (Fsp3) is 0.440. The summed E-state index contributed by atoms with van der Waals surface area (Å²) in [7, 11) is 0. The number of carbonyl (C=O) groups is 2. The molecule has 2 aliphatic heterocycles. The number of hydrogen-bond acceptors (Lipinski definition) is 7. The van der Waals surface area contributed by atoms with Gasteiger partial charge in [0.05, 0.1) is 31.4 Å². The van der Waals surface area contributed by atoms with Crippen molar-refractivity contribution in [3.63, 3.8) is 0 Å². The van der Waals surface area contributed by atoms with Gasteiger partial charge in [0.2, 0.25) is 0 Å². The Morgan fingerprint density at radius 2 is 2.00 bits per heavy atom. The Balaban J connectivity index is 1.61. The average Bonchev–Trinajstić information content (AvgIpc) is 3.46. The van der Waals surface area contributed by atoms with Crippen molar-refractivity contribution in [1.82, 2.24) is 9.80 Å². The number of nitrogens with zero attached hydrogens (tertiary/aromatic N) is 2. The average molecular weight is 471 g/mol. The first-order valence-electron chi connectivity index (χ1n) is 11.4. The normalized spacial score (nSPS) is 21.0. The lowest BCUT2D eigenvalue weighted by atomic mass is 9.99. The molecule has 1 N–H and O–H groups in total. The first-order chi connectivity index (χ1) is 16.1. The van der Waals surface area contributed by atoms with Crippen molar-refractivity contribution in [2.45, 2.75) is 25.8 Å². The third-order valence-electron chi connectivity index (χ3n) is 5.91. The number of thiophene rings is 1. The van der Waals surface area contributed by atoms with Gasteiger partial charge in [-0.1, -0.05) is 25.1 Å². The van der Waals surface area contributed by atoms with Crippen LogP contribution >= 0.6 is 11.3 Å². The van der Waals surface area contributed by atoms with Gasteiger partial charge in [0.25, 0.3) is 11.7 Å². The third-order valence-corrected chi connectivity index (χ3v) is 6.83. The summed E-state index contributed by atoms with van der Waals surface area (Å²) >= 11 is 1.48. The van der Waals surface area contributed by atoms with E-state index in [4.69, 9.17) is 9.47 Å². The molecule has 7 nitrogen and oxygen atoms in total. The monoisotopic (exact) mass is 470 g/mol. The second-order valence-corrected chi connectivity index (χ2v) is 9.17. The SMILES string of the molecule is CCCOc1cccc(/C(O)=C2\C(=O)C(=O)N(CCCN3CCOCC3)C2c2cccs2)c1. The van der Waals surface area contributed by atoms with Gasteiger partial charge in [0.1, 0.15) is 11.5 Å². The molecule has 1 aromatic heterocycles. The summed E-state index contributed by atoms with van der Waals surface area (Å²) in [6.45, 7) is 7.06. The number of ketones is 1. The maximum atomic E-state index is 13.1. The van der Waals surface area contributed by atoms with E-state index in [1.807, 2.05) is 30.5 Å². The summed E-state index contributed by atoms with van der Waals surface area (Å²) in [4.78, 5) is 30.9. The van der Waals surface area contributed by atoms with Crippen molar-refractivity contribution < 1.29 is 24.2 Å². The Hall–Kier alpha value is -2.68. The van der Waals surface area contributed by atoms with E-state index in [9.17, 15) is 14.7 Å². The van der Waals surface area contributed by atoms with Gasteiger partial charge in [-0.05, 0) is 36.4 Å². The highest BCUT2D eigenvalue weighted by molar-refractivity contribution is 7.10. The number of carbonyl (C=O) groups excluding carboxylic acids is 2. The van der Waals surface area contributed by atoms with Crippen LogP contribution in [0.4, 0.5) is 0 Å². The number of Topliss-reactive ketones (excluding diaryl/α,β-unsaturated/α-hetero) is 1. The van der Waals surface area contributed by atoms with Gasteiger partial charge < -0.3 is 19.5 Å². The summed E-state index contributed by atoms with van der Waals surface area (Å²) in [5.74, 6) is -0.745. The van der Waals surface area contributed by atoms with E-state index in [0.717, 1.165) is 50.6 Å². The number of benzene rings is 1. The third kappa shape index (κ3) is 5.29. The fourth-order valence-electron chi connectivity index (χ4n) is 4.25. The molecule has 4 rings (SSSR count). The number of rotatable bonds is 9. The maximum Gasteiger partial charge on any atom is 0.295 e. The highest BCUT2D eigenvalue weighted by Crippen LogP contribution is 2.41. The standard InChI is InChI=1S/C25H30N2O5S/c1-2-13-32-19-7-3-6-18(17-19)23(28)21-22(20-8-4-16-33-20)27(25(30)24(21)29)10-5-9-26-11-14-31-15-12-26/h3-4,6-8,16-17,22,28H,2,5,9-15H2,1H3/b23-21+. The van der Waals surface area contributed by atoms with Crippen molar-refractivity contribution in [2.24, 2.45) is 0 Å². The van der Waals surface area contributed by atoms with Gasteiger partial charge >= 0.3 is 0 Å². The largest absolute Gasteiger partial charge is 0.507 e. The molecule has 176 valence electrons. The van der Waals surface area contributed by atoms with Gasteiger partial charge in [-0.2, -0.15) is 0 Å². The van der Waals surface area contributed by atoms with Crippen LogP contribution in [0.1, 0.15) is 36.2 Å². The van der Waals surface area contributed by atoms with Crippen LogP contribution in [0.3, 0.4) is 0 Å². The molecule has 0 spiro atoms. The fourth-order valence-corrected chi connectivity index (χ4v) is 5.10. The lowest BCUT2D eigenvalue weighted by Crippen LogP contribution is -2.38. The summed E-state index contributed by atoms with van der Waals surface area (Å²) in [5, 5.41) is 13.1. The van der Waals surface area contributed by atoms with Crippen molar-refractivity contribution >= 4 is 28.8 Å². The minimum absolute atomic E-state index is 0.140. The first kappa shape index (κ1) is 23.5. The first-order valence-corrected chi connectivity index (χ1v) is 12.3. The van der Waals surface area contributed by atoms with Crippen LogP contribution in [0, 0.1) is 0 Å². The number of aliphatic hydroxyl groups excluding tert-OH is 1. The smallest absolute Gasteiger partial charge is 0.295 e. The van der Waals surface area contributed by atoms with Crippen molar-refractivity contribution in [3.05, 3.63) is 57.8 Å². The zero-order valence-corrected chi connectivity index (χ0v) is 19.7. The number of amides is 1. The van der Waals surface area contributed by atoms with Gasteiger partial charge in [-0.15, -0.1) is 11.3 Å². The molecule has 0 aliphatic carbocycles. The Kier molecular flexibility index (Phi) is 7.80. The molecule has 1 aromatic carbocycles. The molecule has 2 saturated heterocycles. The van der Waals surface area contributed by atoms with Gasteiger partial charge in [0.15, 0.2) is 0 Å². The molecule has 2 aromatic rings. The molecule has 1 unspecified atom stereocenters. The molecule has 33 heavy (non-hydrogen) atoms. The summed E-state index contributed by atoms with van der Waals surface area (Å²) in [5.41, 5.74) is 0.609. The van der Waals surface area contributed by atoms with Crippen LogP contribution in [0.5, 0.6) is 5.75 Å². The van der Waals surface area contributed by atoms with E-state index >= 15 is 0 Å². The Bertz CT molecular complexity index is 998. The maximum absolute atomic E-state index is 13.1. The summed E-state index contributed by atoms with van der Waals surface area (Å²) < 4.78 is 11.1. The number of likely N-dealkylation sites (tertiary alicyclic amines) is 1. The van der Waals surface area contributed by atoms with Crippen molar-refractivity contribution in [2.75, 3.05) is 46.0 Å². The van der Waals surface area contributed by atoms with E-state index in [2.05, 4.69) is 4.90 Å². The Labute approximate surface area is 198 Å². The van der Waals surface area contributed by atoms with Crippen LogP contribution < -0.4 is 4.74 Å². The summed E-state index contributed by atoms with van der Waals surface area (Å²) in [6.07, 6.45) is 1.61. The molecule has 1 atom stereocenters. The van der Waals surface area contributed by atoms with Gasteiger partial charge in [-0.3, -0.25) is 14.5 Å². The van der Waals surface area contributed by atoms with Crippen molar-refractivity contribution in [3.8, 4) is 5.75 Å². The van der Waals surface area contributed by atoms with Crippen LogP contribution in [-0.2, 0) is 14.3 Å². The molecule has 3 heterocycles. The highest BCUT2D eigenvalue weighted by Gasteiger charge is 2.46. The van der Waals surface area contributed by atoms with Crippen molar-refractivity contribution in [1.29, 1.82) is 0 Å². The lowest BCUT2D eigenvalue weighted by Gasteiger charge is -2.28. The van der Waals surface area contributed by atoms with Gasteiger partial charge in [-0.25, -0.2) is 0 Å².